The quantitative estimate of drug-likeness (QED) is 0.207. The van der Waals surface area contributed by atoms with E-state index in [1.165, 1.54) is 6.92 Å². The Hall–Kier alpha value is -1.05. The molecule has 0 nitrogen and oxygen atoms in total. The second-order valence-electron chi connectivity index (χ2n) is 6.23. The van der Waals surface area contributed by atoms with Gasteiger partial charge in [0.25, 0.3) is 0 Å². The van der Waals surface area contributed by atoms with Gasteiger partial charge in [-0.25, -0.2) is 4.39 Å². The Balaban J connectivity index is 6.17. The van der Waals surface area contributed by atoms with Gasteiger partial charge in [-0.05, 0) is 6.42 Å². The number of hydrogen-bond donors (Lipinski definition) is 0. The monoisotopic (exact) mass is 468 g/mol. The van der Waals surface area contributed by atoms with Gasteiger partial charge >= 0.3 is 41.5 Å². The van der Waals surface area contributed by atoms with Crippen molar-refractivity contribution in [3.8, 4) is 0 Å². The first-order valence-corrected chi connectivity index (χ1v) is 7.83. The van der Waals surface area contributed by atoms with Gasteiger partial charge in [-0.1, -0.05) is 26.2 Å². The fourth-order valence-electron chi connectivity index (χ4n) is 2.07. The molecule has 0 bridgehead atoms. The summed E-state index contributed by atoms with van der Waals surface area (Å²) in [6.07, 6.45) is -2.99. The molecule has 0 aliphatic rings. The van der Waals surface area contributed by atoms with Crippen LogP contribution in [-0.2, 0) is 0 Å². The zero-order valence-electron chi connectivity index (χ0n) is 14.4. The summed E-state index contributed by atoms with van der Waals surface area (Å²) < 4.78 is 197. The summed E-state index contributed by atoms with van der Waals surface area (Å²) in [5.41, 5.74) is 0. The van der Waals surface area contributed by atoms with E-state index in [4.69, 9.17) is 0 Å². The molecule has 0 saturated heterocycles. The van der Waals surface area contributed by atoms with E-state index in [9.17, 15) is 65.9 Å². The van der Waals surface area contributed by atoms with E-state index in [1.807, 2.05) is 0 Å². The highest BCUT2D eigenvalue weighted by atomic mass is 19.4. The Morgan fingerprint density at radius 1 is 0.448 bits per heavy atom. The van der Waals surface area contributed by atoms with Gasteiger partial charge in [-0.15, -0.1) is 0 Å². The molecule has 15 heteroatoms. The smallest absolute Gasteiger partial charge is 0.244 e. The summed E-state index contributed by atoms with van der Waals surface area (Å²) in [7, 11) is 0. The Labute approximate surface area is 154 Å². The van der Waals surface area contributed by atoms with Crippen molar-refractivity contribution < 1.29 is 65.9 Å². The maximum atomic E-state index is 13.5. The van der Waals surface area contributed by atoms with Crippen LogP contribution in [-0.4, -0.2) is 48.1 Å². The first-order valence-electron chi connectivity index (χ1n) is 7.83. The van der Waals surface area contributed by atoms with E-state index in [1.54, 1.807) is 0 Å². The molecule has 0 aliphatic heterocycles. The highest BCUT2D eigenvalue weighted by Gasteiger charge is 2.92. The molecule has 0 aromatic heterocycles. The van der Waals surface area contributed by atoms with Crippen molar-refractivity contribution in [2.24, 2.45) is 0 Å². The molecule has 0 N–H and O–H groups in total. The second kappa shape index (κ2) is 8.23. The van der Waals surface area contributed by atoms with Gasteiger partial charge in [-0.2, -0.15) is 61.5 Å². The molecule has 0 amide bonds. The summed E-state index contributed by atoms with van der Waals surface area (Å²) >= 11 is 0. The summed E-state index contributed by atoms with van der Waals surface area (Å²) in [4.78, 5) is 0. The van der Waals surface area contributed by atoms with Crippen LogP contribution in [0.1, 0.15) is 39.0 Å². The van der Waals surface area contributed by atoms with Crippen molar-refractivity contribution in [3.05, 3.63) is 0 Å². The fraction of sp³-hybridized carbons (Fsp3) is 1.00. The normalized spacial score (nSPS) is 15.7. The topological polar surface area (TPSA) is 0 Å². The molecule has 0 heterocycles. The molecule has 0 aromatic carbocycles. The maximum Gasteiger partial charge on any atom is 0.384 e. The molecular formula is C14H15F15. The van der Waals surface area contributed by atoms with Crippen molar-refractivity contribution in [1.82, 2.24) is 0 Å². The third kappa shape index (κ3) is 4.23. The van der Waals surface area contributed by atoms with E-state index in [2.05, 4.69) is 0 Å². The third-order valence-electron chi connectivity index (χ3n) is 4.01. The Morgan fingerprint density at radius 3 is 1.14 bits per heavy atom. The molecule has 0 atom stereocenters. The molecule has 0 aromatic rings. The largest absolute Gasteiger partial charge is 0.384 e. The van der Waals surface area contributed by atoms with Crippen LogP contribution in [0.2, 0.25) is 0 Å². The standard InChI is InChI=1S/C14H15F15/c1-2-3-4-5-6-8(16,17)10(20,21)12(24,25)14(28,29)13(26,27)11(22,23)9(18,19)7-15/h2-7H2,1H3. The van der Waals surface area contributed by atoms with E-state index in [-0.39, 0.29) is 12.8 Å². The molecule has 0 fully saturated rings. The first-order chi connectivity index (χ1) is 12.6. The third-order valence-corrected chi connectivity index (χ3v) is 4.01. The Morgan fingerprint density at radius 2 is 0.793 bits per heavy atom. The van der Waals surface area contributed by atoms with Gasteiger partial charge in [0, 0.05) is 6.42 Å². The maximum absolute atomic E-state index is 13.5. The van der Waals surface area contributed by atoms with E-state index < -0.39 is 61.0 Å². The molecule has 0 rings (SSSR count). The van der Waals surface area contributed by atoms with Crippen LogP contribution in [0.3, 0.4) is 0 Å². The van der Waals surface area contributed by atoms with Gasteiger partial charge in [0.1, 0.15) is 0 Å². The van der Waals surface area contributed by atoms with Crippen molar-refractivity contribution in [1.29, 1.82) is 0 Å². The zero-order chi connectivity index (χ0) is 23.7. The van der Waals surface area contributed by atoms with Gasteiger partial charge in [0.2, 0.25) is 0 Å². The fourth-order valence-corrected chi connectivity index (χ4v) is 2.07. The van der Waals surface area contributed by atoms with Crippen LogP contribution < -0.4 is 0 Å². The average Bonchev–Trinajstić information content (AvgIpc) is 2.57. The van der Waals surface area contributed by atoms with Crippen LogP contribution in [0.5, 0.6) is 0 Å². The number of unbranched alkanes of at least 4 members (excludes halogenated alkanes) is 3. The van der Waals surface area contributed by atoms with Crippen molar-refractivity contribution in [2.75, 3.05) is 6.67 Å². The minimum absolute atomic E-state index is 0.122. The van der Waals surface area contributed by atoms with Crippen LogP contribution >= 0.6 is 0 Å². The van der Waals surface area contributed by atoms with E-state index >= 15 is 0 Å². The van der Waals surface area contributed by atoms with Crippen molar-refractivity contribution in [3.63, 3.8) is 0 Å². The lowest BCUT2D eigenvalue weighted by Crippen LogP contribution is -2.73. The second-order valence-corrected chi connectivity index (χ2v) is 6.23. The lowest BCUT2D eigenvalue weighted by molar-refractivity contribution is -0.442. The van der Waals surface area contributed by atoms with Crippen LogP contribution in [0.25, 0.3) is 0 Å². The van der Waals surface area contributed by atoms with Gasteiger partial charge in [0.15, 0.2) is 6.67 Å². The molecule has 0 unspecified atom stereocenters. The minimum atomic E-state index is -8.13. The summed E-state index contributed by atoms with van der Waals surface area (Å²) in [6, 6.07) is 0. The van der Waals surface area contributed by atoms with Gasteiger partial charge < -0.3 is 0 Å². The minimum Gasteiger partial charge on any atom is -0.244 e. The molecule has 0 aliphatic carbocycles. The number of alkyl halides is 15. The predicted molar refractivity (Wildman–Crippen MR) is 69.4 cm³/mol. The Kier molecular flexibility index (Phi) is 7.93. The molecule has 0 radical (unpaired) electrons. The molecule has 176 valence electrons. The van der Waals surface area contributed by atoms with Crippen LogP contribution in [0.4, 0.5) is 65.9 Å². The molecule has 29 heavy (non-hydrogen) atoms. The average molecular weight is 468 g/mol. The summed E-state index contributed by atoms with van der Waals surface area (Å²) in [5, 5.41) is 0. The van der Waals surface area contributed by atoms with Gasteiger partial charge in [0.05, 0.1) is 0 Å². The molecule has 0 spiro atoms. The lowest BCUT2D eigenvalue weighted by atomic mass is 9.88. The highest BCUT2D eigenvalue weighted by molar-refractivity contribution is 5.14. The Bertz CT molecular complexity index is 537. The number of hydrogen-bond acceptors (Lipinski definition) is 0. The lowest BCUT2D eigenvalue weighted by Gasteiger charge is -2.42. The van der Waals surface area contributed by atoms with Crippen LogP contribution in [0, 0.1) is 0 Å². The SMILES string of the molecule is CCCCCCC(F)(F)C(F)(F)C(F)(F)C(F)(F)C(F)(F)C(F)(F)C(F)(F)CF. The number of rotatable bonds is 12. The van der Waals surface area contributed by atoms with E-state index in [0.717, 1.165) is 0 Å². The molecular weight excluding hydrogens is 453 g/mol. The van der Waals surface area contributed by atoms with Crippen molar-refractivity contribution >= 4 is 0 Å². The number of halogens is 15. The van der Waals surface area contributed by atoms with Gasteiger partial charge in [-0.3, -0.25) is 0 Å². The van der Waals surface area contributed by atoms with Crippen LogP contribution in [0.15, 0.2) is 0 Å². The first kappa shape index (κ1) is 27.9. The van der Waals surface area contributed by atoms with E-state index in [0.29, 0.717) is 6.42 Å². The van der Waals surface area contributed by atoms with Crippen molar-refractivity contribution in [2.45, 2.75) is 80.5 Å². The zero-order valence-corrected chi connectivity index (χ0v) is 14.4. The highest BCUT2D eigenvalue weighted by Crippen LogP contribution is 2.62. The summed E-state index contributed by atoms with van der Waals surface area (Å²) in [6.45, 7) is -2.25. The predicted octanol–water partition coefficient (Wildman–Crippen LogP) is 7.37. The molecule has 0 saturated carbocycles. The summed E-state index contributed by atoms with van der Waals surface area (Å²) in [5.74, 6) is -51.9.